The molecule has 0 saturated carbocycles. The van der Waals surface area contributed by atoms with E-state index in [1.807, 2.05) is 101 Å². The first-order valence-corrected chi connectivity index (χ1v) is 20.2. The first-order valence-electron chi connectivity index (χ1n) is 20.2. The first kappa shape index (κ1) is 40.7. The van der Waals surface area contributed by atoms with Crippen LogP contribution in [0.1, 0.15) is 11.6 Å². The molecule has 0 unspecified atom stereocenters. The highest BCUT2D eigenvalue weighted by molar-refractivity contribution is 5.89. The van der Waals surface area contributed by atoms with E-state index in [4.69, 9.17) is 25.4 Å². The minimum atomic E-state index is -0.273. The highest BCUT2D eigenvalue weighted by Crippen LogP contribution is 2.33. The number of benzene rings is 1. The SMILES string of the molecule is CNC(=O)Nc1ccc(Nc2nc3ccccn3c2-c2cc(N)nc(C)n2)cc1.Cc1nc(Nc2ccc(N3CCOCC3)nn2)cc(-c2c(Nc3cc[nH]n3)nc3ccccn23)n1. The van der Waals surface area contributed by atoms with Crippen molar-refractivity contribution in [2.45, 2.75) is 13.8 Å². The minimum absolute atomic E-state index is 0.273. The molecule has 1 saturated heterocycles. The number of aromatic nitrogens is 12. The van der Waals surface area contributed by atoms with Gasteiger partial charge in [0.2, 0.25) is 0 Å². The number of imidazole rings is 2. The van der Waals surface area contributed by atoms with E-state index in [9.17, 15) is 4.79 Å². The van der Waals surface area contributed by atoms with Crippen LogP contribution in [0.2, 0.25) is 0 Å². The number of carbonyl (C=O) groups is 1. The molecule has 0 atom stereocenters. The topological polar surface area (TPSA) is 256 Å². The molecule has 1 fully saturated rings. The Bertz CT molecular complexity index is 3010. The van der Waals surface area contributed by atoms with Gasteiger partial charge in [-0.25, -0.2) is 34.7 Å². The molecule has 2 amide bonds. The molecule has 1 aromatic carbocycles. The van der Waals surface area contributed by atoms with Crippen LogP contribution >= 0.6 is 0 Å². The number of anilines is 9. The minimum Gasteiger partial charge on any atom is -0.384 e. The second kappa shape index (κ2) is 18.1. The molecule has 0 bridgehead atoms. The second-order valence-electron chi connectivity index (χ2n) is 14.4. The number of hydrogen-bond acceptors (Lipinski definition) is 16. The van der Waals surface area contributed by atoms with E-state index in [-0.39, 0.29) is 6.03 Å². The zero-order valence-corrected chi connectivity index (χ0v) is 35.0. The fourth-order valence-corrected chi connectivity index (χ4v) is 7.02. The van der Waals surface area contributed by atoms with E-state index in [0.29, 0.717) is 76.8 Å². The van der Waals surface area contributed by atoms with E-state index >= 15 is 0 Å². The third-order valence-electron chi connectivity index (χ3n) is 9.86. The number of nitrogens with two attached hydrogens (primary N) is 1. The van der Waals surface area contributed by atoms with Crippen LogP contribution in [-0.2, 0) is 4.74 Å². The van der Waals surface area contributed by atoms with Gasteiger partial charge in [-0.2, -0.15) is 5.10 Å². The highest BCUT2D eigenvalue weighted by atomic mass is 16.5. The van der Waals surface area contributed by atoms with Crippen LogP contribution in [0.4, 0.5) is 56.9 Å². The fourth-order valence-electron chi connectivity index (χ4n) is 7.02. The largest absolute Gasteiger partial charge is 0.384 e. The lowest BCUT2D eigenvalue weighted by atomic mass is 10.2. The summed E-state index contributed by atoms with van der Waals surface area (Å²) in [5.41, 5.74) is 12.0. The van der Waals surface area contributed by atoms with E-state index in [1.165, 1.54) is 0 Å². The molecule has 1 aliphatic heterocycles. The number of urea groups is 1. The molecule has 0 aliphatic carbocycles. The summed E-state index contributed by atoms with van der Waals surface area (Å²) in [6.45, 7) is 6.67. The summed E-state index contributed by atoms with van der Waals surface area (Å²) in [4.78, 5) is 41.0. The molecule has 322 valence electrons. The Balaban J connectivity index is 0.000000165. The lowest BCUT2D eigenvalue weighted by Gasteiger charge is -2.27. The number of carbonyl (C=O) groups excluding carboxylic acids is 1. The fraction of sp³-hybridized carbons (Fsp3) is 0.163. The number of aryl methyl sites for hydroxylation is 2. The Morgan fingerprint density at radius 1 is 0.672 bits per heavy atom. The summed E-state index contributed by atoms with van der Waals surface area (Å²) in [6.07, 6.45) is 5.63. The number of H-pyrrole nitrogens is 1. The number of rotatable bonds is 10. The number of amides is 2. The number of nitrogens with zero attached hydrogens (tertiary/aromatic N) is 12. The molecule has 64 heavy (non-hydrogen) atoms. The quantitative estimate of drug-likeness (QED) is 0.0818. The monoisotopic (exact) mass is 857 g/mol. The summed E-state index contributed by atoms with van der Waals surface area (Å²) in [7, 11) is 1.57. The Hall–Kier alpha value is -8.72. The van der Waals surface area contributed by atoms with Crippen LogP contribution in [0.3, 0.4) is 0 Å². The van der Waals surface area contributed by atoms with Gasteiger partial charge in [0.1, 0.15) is 46.0 Å². The highest BCUT2D eigenvalue weighted by Gasteiger charge is 2.20. The van der Waals surface area contributed by atoms with Crippen LogP contribution in [0.5, 0.6) is 0 Å². The Morgan fingerprint density at radius 2 is 1.33 bits per heavy atom. The summed E-state index contributed by atoms with van der Waals surface area (Å²) < 4.78 is 9.34. The molecule has 9 heterocycles. The smallest absolute Gasteiger partial charge is 0.318 e. The standard InChI is InChI=1S/C23H23N11O.C20H20N8O/c1-15-25-16(22-23(28-18-7-8-24-30-18)29-20-4-2-3-9-34(20)22)14-19(26-15)27-17-5-6-21(32-31-17)33-10-12-35-13-11-33;1-12-23-15(11-16(21)24-12)18-19(27-17-5-3-4-10-28(17)18)25-13-6-8-14(9-7-13)26-20(29)22-2/h2-9,14H,10-13H2,1H3,(H2,24,28,30)(H,25,26,27,31);3-11,25H,1-2H3,(H2,21,23,24)(H2,22,26,29). The molecule has 0 spiro atoms. The van der Waals surface area contributed by atoms with Crippen molar-refractivity contribution in [1.29, 1.82) is 0 Å². The third kappa shape index (κ3) is 9.13. The molecule has 21 nitrogen and oxygen atoms in total. The molecule has 21 heteroatoms. The van der Waals surface area contributed by atoms with Crippen LogP contribution < -0.4 is 37.2 Å². The first-order chi connectivity index (χ1) is 31.3. The van der Waals surface area contributed by atoms with Crippen molar-refractivity contribution in [3.8, 4) is 22.8 Å². The van der Waals surface area contributed by atoms with Crippen LogP contribution in [0, 0.1) is 13.8 Å². The molecule has 9 aromatic rings. The van der Waals surface area contributed by atoms with Crippen molar-refractivity contribution in [3.05, 3.63) is 121 Å². The van der Waals surface area contributed by atoms with Gasteiger partial charge < -0.3 is 42.0 Å². The van der Waals surface area contributed by atoms with Crippen LogP contribution in [-0.4, -0.2) is 98.5 Å². The van der Waals surface area contributed by atoms with Crippen LogP contribution in [0.25, 0.3) is 34.1 Å². The molecular weight excluding hydrogens is 815 g/mol. The number of nitrogen functional groups attached to an aromatic ring is 1. The van der Waals surface area contributed by atoms with Gasteiger partial charge in [0.25, 0.3) is 0 Å². The number of ether oxygens (including phenoxy) is 1. The predicted molar refractivity (Wildman–Crippen MR) is 244 cm³/mol. The van der Waals surface area contributed by atoms with Gasteiger partial charge in [-0.05, 0) is 74.5 Å². The van der Waals surface area contributed by atoms with E-state index < -0.39 is 0 Å². The third-order valence-corrected chi connectivity index (χ3v) is 9.86. The van der Waals surface area contributed by atoms with Crippen molar-refractivity contribution >= 4 is 69.4 Å². The maximum Gasteiger partial charge on any atom is 0.318 e. The number of pyridine rings is 2. The number of aromatic amines is 1. The number of fused-ring (bicyclic) bond motifs is 2. The lowest BCUT2D eigenvalue weighted by molar-refractivity contribution is 0.122. The Kier molecular flexibility index (Phi) is 11.5. The number of hydrogen-bond donors (Lipinski definition) is 7. The van der Waals surface area contributed by atoms with Crippen LogP contribution in [0.15, 0.2) is 110 Å². The molecule has 0 radical (unpaired) electrons. The number of nitrogens with one attached hydrogen (secondary N) is 6. The lowest BCUT2D eigenvalue weighted by Crippen LogP contribution is -2.36. The second-order valence-corrected chi connectivity index (χ2v) is 14.4. The zero-order chi connectivity index (χ0) is 44.0. The predicted octanol–water partition coefficient (Wildman–Crippen LogP) is 6.11. The Morgan fingerprint density at radius 3 is 1.95 bits per heavy atom. The van der Waals surface area contributed by atoms with Gasteiger partial charge in [0, 0.05) is 68.3 Å². The van der Waals surface area contributed by atoms with Gasteiger partial charge in [-0.15, -0.1) is 10.2 Å². The molecule has 8 aromatic heterocycles. The Labute approximate surface area is 365 Å². The van der Waals surface area contributed by atoms with Crippen molar-refractivity contribution in [2.75, 3.05) is 65.3 Å². The zero-order valence-electron chi connectivity index (χ0n) is 35.0. The maximum absolute atomic E-state index is 11.4. The molecule has 8 N–H and O–H groups in total. The summed E-state index contributed by atoms with van der Waals surface area (Å²) in [6, 6.07) is 28.0. The van der Waals surface area contributed by atoms with E-state index in [1.54, 1.807) is 38.4 Å². The average molecular weight is 858 g/mol. The van der Waals surface area contributed by atoms with E-state index in [2.05, 4.69) is 66.8 Å². The molecular formula is C43H43N19O2. The van der Waals surface area contributed by atoms with Crippen molar-refractivity contribution in [1.82, 2.24) is 64.4 Å². The van der Waals surface area contributed by atoms with Gasteiger partial charge in [-0.1, -0.05) is 12.1 Å². The molecule has 10 rings (SSSR count). The normalized spacial score (nSPS) is 12.4. The van der Waals surface area contributed by atoms with Crippen molar-refractivity contribution < 1.29 is 9.53 Å². The molecule has 1 aliphatic rings. The average Bonchev–Trinajstić information content (AvgIpc) is 4.05. The van der Waals surface area contributed by atoms with Gasteiger partial charge in [0.05, 0.1) is 24.6 Å². The maximum atomic E-state index is 11.4. The summed E-state index contributed by atoms with van der Waals surface area (Å²) >= 11 is 0. The van der Waals surface area contributed by atoms with Crippen molar-refractivity contribution in [2.24, 2.45) is 0 Å². The van der Waals surface area contributed by atoms with Gasteiger partial charge in [-0.3, -0.25) is 13.9 Å². The number of morpholine rings is 1. The van der Waals surface area contributed by atoms with Gasteiger partial charge >= 0.3 is 6.03 Å². The van der Waals surface area contributed by atoms with Gasteiger partial charge in [0.15, 0.2) is 29.1 Å². The summed E-state index contributed by atoms with van der Waals surface area (Å²) in [5, 5.41) is 30.8. The van der Waals surface area contributed by atoms with Crippen molar-refractivity contribution in [3.63, 3.8) is 0 Å². The van der Waals surface area contributed by atoms with E-state index in [0.717, 1.165) is 47.3 Å². The summed E-state index contributed by atoms with van der Waals surface area (Å²) in [5.74, 6) is 5.57.